The minimum Gasteiger partial charge on any atom is -0.366 e. The fourth-order valence-corrected chi connectivity index (χ4v) is 4.00. The van der Waals surface area contributed by atoms with Gasteiger partial charge in [-0.15, -0.1) is 5.10 Å². The standard InChI is InChI=1S/C19H25N5O2S/c1-12(18(26)21-15-9-7-14(8-10-15)17(20)25)27-19-22-16(23-24-19)11-6-13-4-2-3-5-13/h7-10,12-13H,2-6,11H2,1H3,(H2,20,25)(H,21,26)(H,22,23,24)/t12-/m1/s1. The van der Waals surface area contributed by atoms with Crippen molar-refractivity contribution in [2.24, 2.45) is 11.7 Å². The van der Waals surface area contributed by atoms with Gasteiger partial charge in [-0.2, -0.15) is 0 Å². The van der Waals surface area contributed by atoms with Crippen molar-refractivity contribution in [1.29, 1.82) is 0 Å². The summed E-state index contributed by atoms with van der Waals surface area (Å²) in [5, 5.41) is 10.3. The summed E-state index contributed by atoms with van der Waals surface area (Å²) in [4.78, 5) is 27.9. The largest absolute Gasteiger partial charge is 0.366 e. The van der Waals surface area contributed by atoms with E-state index in [2.05, 4.69) is 20.5 Å². The smallest absolute Gasteiger partial charge is 0.248 e. The maximum Gasteiger partial charge on any atom is 0.248 e. The maximum absolute atomic E-state index is 12.4. The molecule has 0 bridgehead atoms. The van der Waals surface area contributed by atoms with Crippen LogP contribution in [0.15, 0.2) is 29.4 Å². The van der Waals surface area contributed by atoms with E-state index in [4.69, 9.17) is 5.73 Å². The maximum atomic E-state index is 12.4. The molecule has 1 aromatic heterocycles. The normalized spacial score (nSPS) is 15.6. The first-order valence-corrected chi connectivity index (χ1v) is 10.2. The van der Waals surface area contributed by atoms with Crippen LogP contribution in [-0.4, -0.2) is 32.2 Å². The lowest BCUT2D eigenvalue weighted by atomic mass is 10.0. The number of carbonyl (C=O) groups is 2. The fourth-order valence-electron chi connectivity index (χ4n) is 3.26. The zero-order chi connectivity index (χ0) is 19.2. The van der Waals surface area contributed by atoms with E-state index >= 15 is 0 Å². The summed E-state index contributed by atoms with van der Waals surface area (Å²) in [6, 6.07) is 6.48. The predicted octanol–water partition coefficient (Wildman–Crippen LogP) is 3.15. The van der Waals surface area contributed by atoms with Gasteiger partial charge in [-0.3, -0.25) is 14.7 Å². The van der Waals surface area contributed by atoms with Crippen LogP contribution in [0.3, 0.4) is 0 Å². The number of hydrogen-bond donors (Lipinski definition) is 3. The molecular formula is C19H25N5O2S. The average Bonchev–Trinajstić information content (AvgIpc) is 3.32. The Balaban J connectivity index is 1.48. The molecule has 1 atom stereocenters. The summed E-state index contributed by atoms with van der Waals surface area (Å²) in [6.07, 6.45) is 7.41. The summed E-state index contributed by atoms with van der Waals surface area (Å²) in [5.74, 6) is 1.06. The molecule has 1 aliphatic rings. The lowest BCUT2D eigenvalue weighted by Gasteiger charge is -2.10. The van der Waals surface area contributed by atoms with Gasteiger partial charge in [0.1, 0.15) is 5.82 Å². The number of aromatic nitrogens is 3. The van der Waals surface area contributed by atoms with Crippen LogP contribution in [0.5, 0.6) is 0 Å². The van der Waals surface area contributed by atoms with Crippen molar-refractivity contribution in [1.82, 2.24) is 15.2 Å². The third-order valence-electron chi connectivity index (χ3n) is 4.86. The molecule has 1 saturated carbocycles. The Kier molecular flexibility index (Phi) is 6.49. The monoisotopic (exact) mass is 387 g/mol. The molecule has 1 fully saturated rings. The van der Waals surface area contributed by atoms with Gasteiger partial charge in [0, 0.05) is 17.7 Å². The number of primary amides is 1. The van der Waals surface area contributed by atoms with Crippen molar-refractivity contribution in [2.45, 2.75) is 55.9 Å². The highest BCUT2D eigenvalue weighted by Gasteiger charge is 2.19. The molecule has 8 heteroatoms. The lowest BCUT2D eigenvalue weighted by Crippen LogP contribution is -2.22. The van der Waals surface area contributed by atoms with Crippen LogP contribution < -0.4 is 11.1 Å². The second-order valence-corrected chi connectivity index (χ2v) is 8.25. The highest BCUT2D eigenvalue weighted by atomic mass is 32.2. The van der Waals surface area contributed by atoms with E-state index < -0.39 is 5.91 Å². The fraction of sp³-hybridized carbons (Fsp3) is 0.474. The van der Waals surface area contributed by atoms with Gasteiger partial charge in [0.25, 0.3) is 0 Å². The molecule has 0 radical (unpaired) electrons. The van der Waals surface area contributed by atoms with Crippen molar-refractivity contribution in [3.63, 3.8) is 0 Å². The van der Waals surface area contributed by atoms with Crippen LogP contribution in [0.25, 0.3) is 0 Å². The molecule has 1 heterocycles. The quantitative estimate of drug-likeness (QED) is 0.602. The minimum atomic E-state index is -0.495. The number of nitrogens with two attached hydrogens (primary N) is 1. The van der Waals surface area contributed by atoms with Gasteiger partial charge in [-0.05, 0) is 43.5 Å². The Morgan fingerprint density at radius 1 is 1.30 bits per heavy atom. The number of nitrogens with one attached hydrogen (secondary N) is 2. The van der Waals surface area contributed by atoms with Crippen LogP contribution in [0.2, 0.25) is 0 Å². The van der Waals surface area contributed by atoms with Gasteiger partial charge in [-0.1, -0.05) is 37.4 Å². The van der Waals surface area contributed by atoms with Crippen molar-refractivity contribution in [3.05, 3.63) is 35.7 Å². The number of benzene rings is 1. The van der Waals surface area contributed by atoms with Crippen LogP contribution in [0, 0.1) is 5.92 Å². The lowest BCUT2D eigenvalue weighted by molar-refractivity contribution is -0.115. The average molecular weight is 388 g/mol. The van der Waals surface area contributed by atoms with E-state index in [0.717, 1.165) is 24.6 Å². The summed E-state index contributed by atoms with van der Waals surface area (Å²) in [5.41, 5.74) is 6.23. The van der Waals surface area contributed by atoms with Gasteiger partial charge in [-0.25, -0.2) is 4.98 Å². The van der Waals surface area contributed by atoms with E-state index in [0.29, 0.717) is 16.4 Å². The van der Waals surface area contributed by atoms with Gasteiger partial charge < -0.3 is 11.1 Å². The number of carbonyl (C=O) groups excluding carboxylic acids is 2. The minimum absolute atomic E-state index is 0.149. The summed E-state index contributed by atoms with van der Waals surface area (Å²) >= 11 is 1.32. The van der Waals surface area contributed by atoms with Crippen molar-refractivity contribution in [2.75, 3.05) is 5.32 Å². The molecule has 27 heavy (non-hydrogen) atoms. The van der Waals surface area contributed by atoms with Crippen LogP contribution >= 0.6 is 11.8 Å². The number of anilines is 1. The van der Waals surface area contributed by atoms with E-state index in [9.17, 15) is 9.59 Å². The van der Waals surface area contributed by atoms with Gasteiger partial charge in [0.15, 0.2) is 0 Å². The number of aryl methyl sites for hydroxylation is 1. The predicted molar refractivity (Wildman–Crippen MR) is 106 cm³/mol. The molecular weight excluding hydrogens is 362 g/mol. The van der Waals surface area contributed by atoms with E-state index in [1.807, 2.05) is 6.92 Å². The first kappa shape index (κ1) is 19.4. The molecule has 0 aliphatic heterocycles. The molecule has 1 aliphatic carbocycles. The molecule has 2 aromatic rings. The zero-order valence-electron chi connectivity index (χ0n) is 15.4. The molecule has 0 saturated heterocycles. The number of amides is 2. The molecule has 1 aromatic carbocycles. The first-order valence-electron chi connectivity index (χ1n) is 9.30. The number of aromatic amines is 1. The Morgan fingerprint density at radius 3 is 2.67 bits per heavy atom. The Labute approximate surface area is 162 Å². The van der Waals surface area contributed by atoms with Crippen LogP contribution in [0.1, 0.15) is 55.2 Å². The summed E-state index contributed by atoms with van der Waals surface area (Å²) in [7, 11) is 0. The molecule has 0 unspecified atom stereocenters. The Morgan fingerprint density at radius 2 is 2.00 bits per heavy atom. The topological polar surface area (TPSA) is 114 Å². The van der Waals surface area contributed by atoms with Gasteiger partial charge in [0.05, 0.1) is 5.25 Å². The molecule has 3 rings (SSSR count). The highest BCUT2D eigenvalue weighted by molar-refractivity contribution is 8.00. The van der Waals surface area contributed by atoms with Crippen LogP contribution in [0.4, 0.5) is 5.69 Å². The molecule has 4 N–H and O–H groups in total. The third-order valence-corrected chi connectivity index (χ3v) is 5.82. The molecule has 2 amide bonds. The SMILES string of the molecule is C[C@@H](Sc1n[nH]c(CCC2CCCC2)n1)C(=O)Nc1ccc(C(N)=O)cc1. The molecule has 144 valence electrons. The molecule has 7 nitrogen and oxygen atoms in total. The molecule has 0 spiro atoms. The Hall–Kier alpha value is -2.35. The summed E-state index contributed by atoms with van der Waals surface area (Å²) in [6.45, 7) is 1.81. The van der Waals surface area contributed by atoms with E-state index in [-0.39, 0.29) is 11.2 Å². The van der Waals surface area contributed by atoms with Crippen LogP contribution in [-0.2, 0) is 11.2 Å². The number of thioether (sulfide) groups is 1. The second-order valence-electron chi connectivity index (χ2n) is 6.94. The summed E-state index contributed by atoms with van der Waals surface area (Å²) < 4.78 is 0. The second kappa shape index (κ2) is 9.03. The Bertz CT molecular complexity index is 784. The number of hydrogen-bond acceptors (Lipinski definition) is 5. The number of H-pyrrole nitrogens is 1. The van der Waals surface area contributed by atoms with E-state index in [1.165, 1.54) is 37.4 Å². The number of nitrogens with zero attached hydrogens (tertiary/aromatic N) is 2. The van der Waals surface area contributed by atoms with Crippen molar-refractivity contribution < 1.29 is 9.59 Å². The van der Waals surface area contributed by atoms with Gasteiger partial charge >= 0.3 is 0 Å². The third kappa shape index (κ3) is 5.56. The first-order chi connectivity index (χ1) is 13.0. The zero-order valence-corrected chi connectivity index (χ0v) is 16.2. The van der Waals surface area contributed by atoms with Crippen molar-refractivity contribution in [3.8, 4) is 0 Å². The highest BCUT2D eigenvalue weighted by Crippen LogP contribution is 2.28. The van der Waals surface area contributed by atoms with Crippen molar-refractivity contribution >= 4 is 29.3 Å². The number of rotatable bonds is 8. The van der Waals surface area contributed by atoms with Gasteiger partial charge in [0.2, 0.25) is 17.0 Å². The van der Waals surface area contributed by atoms with E-state index in [1.54, 1.807) is 24.3 Å².